The maximum absolute atomic E-state index is 13.2. The van der Waals surface area contributed by atoms with E-state index in [1.807, 2.05) is 0 Å². The van der Waals surface area contributed by atoms with E-state index in [0.29, 0.717) is 36.1 Å². The molecule has 1 amide bonds. The first kappa shape index (κ1) is 18.2. The van der Waals surface area contributed by atoms with Crippen molar-refractivity contribution in [3.05, 3.63) is 68.3 Å². The zero-order valence-electron chi connectivity index (χ0n) is 12.5. The average Bonchev–Trinajstić information content (AvgIpc) is 2.84. The van der Waals surface area contributed by atoms with E-state index in [1.54, 1.807) is 30.3 Å². The van der Waals surface area contributed by atoms with Crippen molar-refractivity contribution >= 4 is 63.5 Å². The topological polar surface area (TPSA) is 38.3 Å². The van der Waals surface area contributed by atoms with E-state index in [4.69, 9.17) is 40.2 Å². The number of carbonyl (C=O) groups is 1. The van der Waals surface area contributed by atoms with Gasteiger partial charge in [-0.1, -0.05) is 59.3 Å². The zero-order valence-corrected chi connectivity index (χ0v) is 15.7. The minimum atomic E-state index is -0.342. The molecule has 0 radical (unpaired) electrons. The summed E-state index contributed by atoms with van der Waals surface area (Å²) >= 11 is 18.6. The lowest BCUT2D eigenvalue weighted by Gasteiger charge is -2.11. The van der Waals surface area contributed by atoms with Crippen molar-refractivity contribution in [1.82, 2.24) is 5.32 Å². The smallest absolute Gasteiger partial charge is 0.263 e. The van der Waals surface area contributed by atoms with Crippen LogP contribution >= 0.6 is 47.2 Å². The van der Waals surface area contributed by atoms with Gasteiger partial charge in [-0.15, -0.1) is 0 Å². The SMILES string of the molecule is O=C1NC(=S)S/C1=C\c1cc(Cl)c(OCc2cccc(F)c2)c(Cl)c1. The van der Waals surface area contributed by atoms with Crippen LogP contribution in [0.1, 0.15) is 11.1 Å². The molecule has 8 heteroatoms. The lowest BCUT2D eigenvalue weighted by Crippen LogP contribution is -2.17. The molecule has 1 fully saturated rings. The number of thioether (sulfide) groups is 1. The molecular weight excluding hydrogens is 404 g/mol. The molecule has 2 aromatic carbocycles. The number of carbonyl (C=O) groups excluding carboxylic acids is 1. The van der Waals surface area contributed by atoms with Crippen molar-refractivity contribution in [2.75, 3.05) is 0 Å². The third kappa shape index (κ3) is 4.52. The van der Waals surface area contributed by atoms with Gasteiger partial charge in [-0.3, -0.25) is 4.79 Å². The Morgan fingerprint density at radius 2 is 1.96 bits per heavy atom. The van der Waals surface area contributed by atoms with Crippen molar-refractivity contribution in [3.63, 3.8) is 0 Å². The highest BCUT2D eigenvalue weighted by Crippen LogP contribution is 2.36. The molecule has 0 unspecified atom stereocenters. The van der Waals surface area contributed by atoms with E-state index >= 15 is 0 Å². The molecule has 3 rings (SSSR count). The second-order valence-electron chi connectivity index (χ2n) is 5.08. The summed E-state index contributed by atoms with van der Waals surface area (Å²) < 4.78 is 19.2. The van der Waals surface area contributed by atoms with Gasteiger partial charge in [-0.2, -0.15) is 0 Å². The molecule has 0 atom stereocenters. The van der Waals surface area contributed by atoms with Crippen LogP contribution in [0.2, 0.25) is 10.0 Å². The van der Waals surface area contributed by atoms with E-state index < -0.39 is 0 Å². The number of benzene rings is 2. The Balaban J connectivity index is 1.80. The number of hydrogen-bond acceptors (Lipinski definition) is 4. The maximum atomic E-state index is 13.2. The Hall–Kier alpha value is -1.60. The molecule has 1 saturated heterocycles. The first-order chi connectivity index (χ1) is 11.9. The van der Waals surface area contributed by atoms with E-state index in [9.17, 15) is 9.18 Å². The Morgan fingerprint density at radius 3 is 2.56 bits per heavy atom. The van der Waals surface area contributed by atoms with Crippen LogP contribution in [0, 0.1) is 5.82 Å². The average molecular weight is 414 g/mol. The molecule has 0 aliphatic carbocycles. The van der Waals surface area contributed by atoms with Crippen molar-refractivity contribution in [2.45, 2.75) is 6.61 Å². The summed E-state index contributed by atoms with van der Waals surface area (Å²) in [6.45, 7) is 0.129. The number of rotatable bonds is 4. The summed E-state index contributed by atoms with van der Waals surface area (Å²) in [5, 5.41) is 3.12. The van der Waals surface area contributed by atoms with Gasteiger partial charge in [-0.05, 0) is 41.5 Å². The van der Waals surface area contributed by atoms with Gasteiger partial charge in [0.05, 0.1) is 15.0 Å². The minimum Gasteiger partial charge on any atom is -0.486 e. The summed E-state index contributed by atoms with van der Waals surface area (Å²) in [7, 11) is 0. The molecule has 0 saturated carbocycles. The first-order valence-corrected chi connectivity index (χ1v) is 9.01. The Kier molecular flexibility index (Phi) is 5.64. The van der Waals surface area contributed by atoms with Crippen molar-refractivity contribution in [3.8, 4) is 5.75 Å². The Morgan fingerprint density at radius 1 is 1.24 bits per heavy atom. The summed E-state index contributed by atoms with van der Waals surface area (Å²) in [5.41, 5.74) is 1.31. The number of ether oxygens (including phenoxy) is 1. The number of amides is 1. The summed E-state index contributed by atoms with van der Waals surface area (Å²) in [4.78, 5) is 12.2. The lowest BCUT2D eigenvalue weighted by atomic mass is 10.2. The first-order valence-electron chi connectivity index (χ1n) is 7.03. The van der Waals surface area contributed by atoms with Gasteiger partial charge in [-0.25, -0.2) is 4.39 Å². The van der Waals surface area contributed by atoms with Crippen molar-refractivity contribution in [2.24, 2.45) is 0 Å². The van der Waals surface area contributed by atoms with Gasteiger partial charge in [0.15, 0.2) is 5.75 Å². The predicted molar refractivity (Wildman–Crippen MR) is 104 cm³/mol. The fraction of sp³-hybridized carbons (Fsp3) is 0.0588. The van der Waals surface area contributed by atoms with Crippen LogP contribution in [-0.2, 0) is 11.4 Å². The van der Waals surface area contributed by atoms with Gasteiger partial charge in [0, 0.05) is 0 Å². The third-order valence-electron chi connectivity index (χ3n) is 3.23. The molecule has 1 N–H and O–H groups in total. The summed E-state index contributed by atoms with van der Waals surface area (Å²) in [6, 6.07) is 9.34. The van der Waals surface area contributed by atoms with Gasteiger partial charge in [0.1, 0.15) is 16.7 Å². The van der Waals surface area contributed by atoms with Crippen LogP contribution in [0.4, 0.5) is 4.39 Å². The number of hydrogen-bond donors (Lipinski definition) is 1. The third-order valence-corrected chi connectivity index (χ3v) is 4.96. The molecule has 3 nitrogen and oxygen atoms in total. The standard InChI is InChI=1S/C17H10Cl2FNO2S2/c18-12-5-10(7-14-16(22)21-17(24)25-14)6-13(19)15(12)23-8-9-2-1-3-11(20)4-9/h1-7H,8H2,(H,21,22,24)/b14-7-. The fourth-order valence-corrected chi connectivity index (χ4v) is 3.81. The predicted octanol–water partition coefficient (Wildman–Crippen LogP) is 5.20. The quantitative estimate of drug-likeness (QED) is 0.551. The molecule has 0 bridgehead atoms. The lowest BCUT2D eigenvalue weighted by molar-refractivity contribution is -0.115. The molecule has 0 spiro atoms. The van der Waals surface area contributed by atoms with Crippen LogP contribution in [0.15, 0.2) is 41.3 Å². The molecule has 0 aromatic heterocycles. The van der Waals surface area contributed by atoms with Crippen LogP contribution in [0.25, 0.3) is 6.08 Å². The minimum absolute atomic E-state index is 0.129. The molecule has 2 aromatic rings. The van der Waals surface area contributed by atoms with E-state index in [0.717, 1.165) is 0 Å². The van der Waals surface area contributed by atoms with Crippen molar-refractivity contribution in [1.29, 1.82) is 0 Å². The van der Waals surface area contributed by atoms with E-state index in [-0.39, 0.29) is 18.3 Å². The van der Waals surface area contributed by atoms with E-state index in [2.05, 4.69) is 5.32 Å². The number of halogens is 3. The van der Waals surface area contributed by atoms with E-state index in [1.165, 1.54) is 23.9 Å². The second kappa shape index (κ2) is 7.74. The summed E-state index contributed by atoms with van der Waals surface area (Å²) in [6.07, 6.45) is 1.65. The Bertz CT molecular complexity index is 879. The Labute approximate surface area is 163 Å². The highest BCUT2D eigenvalue weighted by molar-refractivity contribution is 8.26. The molecular formula is C17H10Cl2FNO2S2. The number of nitrogens with one attached hydrogen (secondary N) is 1. The monoisotopic (exact) mass is 413 g/mol. The molecule has 1 heterocycles. The largest absolute Gasteiger partial charge is 0.486 e. The highest BCUT2D eigenvalue weighted by atomic mass is 35.5. The molecule has 1 aliphatic rings. The number of thiocarbonyl (C=S) groups is 1. The van der Waals surface area contributed by atoms with Crippen LogP contribution in [0.5, 0.6) is 5.75 Å². The van der Waals surface area contributed by atoms with Crippen LogP contribution in [-0.4, -0.2) is 10.2 Å². The maximum Gasteiger partial charge on any atom is 0.263 e. The van der Waals surface area contributed by atoms with Gasteiger partial charge in [0.2, 0.25) is 0 Å². The van der Waals surface area contributed by atoms with Gasteiger partial charge >= 0.3 is 0 Å². The molecule has 128 valence electrons. The van der Waals surface area contributed by atoms with Crippen molar-refractivity contribution < 1.29 is 13.9 Å². The van der Waals surface area contributed by atoms with Crippen LogP contribution < -0.4 is 10.1 Å². The fourth-order valence-electron chi connectivity index (χ4n) is 2.16. The summed E-state index contributed by atoms with van der Waals surface area (Å²) in [5.74, 6) is -0.298. The second-order valence-corrected chi connectivity index (χ2v) is 7.62. The highest BCUT2D eigenvalue weighted by Gasteiger charge is 2.22. The molecule has 25 heavy (non-hydrogen) atoms. The zero-order chi connectivity index (χ0) is 18.0. The van der Waals surface area contributed by atoms with Gasteiger partial charge in [0.25, 0.3) is 5.91 Å². The molecule has 1 aliphatic heterocycles. The normalized spacial score (nSPS) is 15.6. The van der Waals surface area contributed by atoms with Gasteiger partial charge < -0.3 is 10.1 Å². The van der Waals surface area contributed by atoms with Crippen LogP contribution in [0.3, 0.4) is 0 Å².